The van der Waals surface area contributed by atoms with Gasteiger partial charge < -0.3 is 24.8 Å². The highest BCUT2D eigenvalue weighted by Crippen LogP contribution is 2.34. The zero-order valence-electron chi connectivity index (χ0n) is 18.9. The summed E-state index contributed by atoms with van der Waals surface area (Å²) in [5.41, 5.74) is 0.878. The van der Waals surface area contributed by atoms with Crippen molar-refractivity contribution in [1.82, 2.24) is 4.90 Å². The number of morpholine rings is 1. The number of hydrogen-bond acceptors (Lipinski definition) is 6. The van der Waals surface area contributed by atoms with Crippen molar-refractivity contribution in [2.75, 3.05) is 49.6 Å². The first kappa shape index (κ1) is 25.6. The van der Waals surface area contributed by atoms with Gasteiger partial charge in [-0.05, 0) is 48.9 Å². The summed E-state index contributed by atoms with van der Waals surface area (Å²) in [7, 11) is 0. The largest absolute Gasteiger partial charge is 0.573 e. The number of anilines is 2. The summed E-state index contributed by atoms with van der Waals surface area (Å²) in [5.74, 6) is -0.488. The molecule has 2 saturated heterocycles. The predicted molar refractivity (Wildman–Crippen MR) is 126 cm³/mol. The highest BCUT2D eigenvalue weighted by molar-refractivity contribution is 6.30. The summed E-state index contributed by atoms with van der Waals surface area (Å²) in [6.45, 7) is 2.62. The number of halogens is 4. The Morgan fingerprint density at radius 3 is 2.66 bits per heavy atom. The van der Waals surface area contributed by atoms with Crippen molar-refractivity contribution in [3.05, 3.63) is 53.6 Å². The molecule has 2 N–H and O–H groups in total. The van der Waals surface area contributed by atoms with Crippen LogP contribution in [0, 0.1) is 0 Å². The molecule has 1 amide bonds. The van der Waals surface area contributed by atoms with Gasteiger partial charge in [-0.2, -0.15) is 0 Å². The van der Waals surface area contributed by atoms with Crippen LogP contribution >= 0.6 is 11.6 Å². The molecule has 2 atom stereocenters. The summed E-state index contributed by atoms with van der Waals surface area (Å²) >= 11 is 5.97. The summed E-state index contributed by atoms with van der Waals surface area (Å²) in [5, 5.41) is 13.4. The van der Waals surface area contributed by atoms with Crippen LogP contribution in [0.1, 0.15) is 12.8 Å². The maximum Gasteiger partial charge on any atom is 0.573 e. The van der Waals surface area contributed by atoms with Crippen LogP contribution in [0.3, 0.4) is 0 Å². The van der Waals surface area contributed by atoms with Crippen LogP contribution in [0.25, 0.3) is 0 Å². The molecule has 0 aliphatic carbocycles. The average molecular weight is 514 g/mol. The fraction of sp³-hybridized carbons (Fsp3) is 0.458. The van der Waals surface area contributed by atoms with E-state index in [9.17, 15) is 23.1 Å². The first-order chi connectivity index (χ1) is 16.6. The molecule has 4 rings (SSSR count). The molecule has 2 aliphatic rings. The van der Waals surface area contributed by atoms with Gasteiger partial charge in [0.2, 0.25) is 5.91 Å². The lowest BCUT2D eigenvalue weighted by atomic mass is 9.98. The van der Waals surface area contributed by atoms with Gasteiger partial charge in [-0.15, -0.1) is 13.2 Å². The summed E-state index contributed by atoms with van der Waals surface area (Å²) in [4.78, 5) is 16.7. The van der Waals surface area contributed by atoms with Crippen molar-refractivity contribution >= 4 is 28.9 Å². The first-order valence-electron chi connectivity index (χ1n) is 11.3. The number of rotatable bonds is 7. The molecule has 11 heteroatoms. The Bertz CT molecular complexity index is 1020. The van der Waals surface area contributed by atoms with Crippen molar-refractivity contribution in [3.8, 4) is 5.75 Å². The lowest BCUT2D eigenvalue weighted by Gasteiger charge is -2.43. The zero-order chi connectivity index (χ0) is 25.1. The van der Waals surface area contributed by atoms with Crippen molar-refractivity contribution in [2.24, 2.45) is 0 Å². The van der Waals surface area contributed by atoms with Gasteiger partial charge in [-0.25, -0.2) is 0 Å². The molecule has 35 heavy (non-hydrogen) atoms. The van der Waals surface area contributed by atoms with Crippen LogP contribution in [-0.4, -0.2) is 73.3 Å². The molecule has 2 aliphatic heterocycles. The summed E-state index contributed by atoms with van der Waals surface area (Å²) in [6, 6.07) is 12.3. The highest BCUT2D eigenvalue weighted by Gasteiger charge is 2.44. The number of aliphatic hydroxyl groups excluding tert-OH is 1. The van der Waals surface area contributed by atoms with E-state index in [1.807, 2.05) is 0 Å². The average Bonchev–Trinajstić information content (AvgIpc) is 3.20. The third kappa shape index (κ3) is 6.78. The smallest absolute Gasteiger partial charge is 0.406 e. The molecule has 0 saturated carbocycles. The number of aliphatic hydroxyl groups is 1. The predicted octanol–water partition coefficient (Wildman–Crippen LogP) is 3.91. The van der Waals surface area contributed by atoms with Gasteiger partial charge in [0.05, 0.1) is 18.8 Å². The molecule has 0 radical (unpaired) electrons. The number of carbonyl (C=O) groups excluding carboxylic acids is 1. The van der Waals surface area contributed by atoms with Crippen molar-refractivity contribution < 1.29 is 32.5 Å². The zero-order valence-corrected chi connectivity index (χ0v) is 19.7. The third-order valence-electron chi connectivity index (χ3n) is 6.29. The van der Waals surface area contributed by atoms with Gasteiger partial charge in [0.1, 0.15) is 5.75 Å². The number of benzene rings is 2. The second kappa shape index (κ2) is 10.6. The molecular formula is C24H27ClF3N3O4. The van der Waals surface area contributed by atoms with E-state index in [4.69, 9.17) is 16.3 Å². The molecule has 2 heterocycles. The summed E-state index contributed by atoms with van der Waals surface area (Å²) in [6.07, 6.45) is -3.90. The van der Waals surface area contributed by atoms with Crippen LogP contribution in [0.2, 0.25) is 5.02 Å². The normalized spacial score (nSPS) is 21.8. The minimum atomic E-state index is -4.73. The van der Waals surface area contributed by atoms with Gasteiger partial charge in [0.15, 0.2) is 0 Å². The number of alkyl halides is 3. The Morgan fingerprint density at radius 2 is 1.97 bits per heavy atom. The van der Waals surface area contributed by atoms with Gasteiger partial charge in [-0.1, -0.05) is 17.7 Å². The molecule has 2 aromatic carbocycles. The van der Waals surface area contributed by atoms with E-state index in [0.717, 1.165) is 12.1 Å². The molecule has 7 nitrogen and oxygen atoms in total. The number of hydrogen-bond donors (Lipinski definition) is 2. The Balaban J connectivity index is 1.35. The Morgan fingerprint density at radius 1 is 1.20 bits per heavy atom. The second-order valence-corrected chi connectivity index (χ2v) is 9.25. The highest BCUT2D eigenvalue weighted by atomic mass is 35.5. The molecule has 1 spiro atoms. The van der Waals surface area contributed by atoms with E-state index in [-0.39, 0.29) is 30.7 Å². The van der Waals surface area contributed by atoms with Gasteiger partial charge >= 0.3 is 6.36 Å². The molecule has 0 aromatic heterocycles. The second-order valence-electron chi connectivity index (χ2n) is 8.81. The van der Waals surface area contributed by atoms with Crippen LogP contribution in [0.5, 0.6) is 5.75 Å². The lowest BCUT2D eigenvalue weighted by Crippen LogP contribution is -2.57. The van der Waals surface area contributed by atoms with Gasteiger partial charge in [0, 0.05) is 55.0 Å². The van der Waals surface area contributed by atoms with E-state index in [1.165, 1.54) is 12.1 Å². The molecule has 2 aromatic rings. The number of nitrogens with zero attached hydrogens (tertiary/aromatic N) is 2. The SMILES string of the molecule is O=C(CC(CO)N1CCOC2(CCN(c3ccc(OC(F)(F)F)cc3)C2)C1)Nc1cccc(Cl)c1. The quantitative estimate of drug-likeness (QED) is 0.585. The maximum absolute atomic E-state index is 12.6. The van der Waals surface area contributed by atoms with E-state index >= 15 is 0 Å². The Kier molecular flexibility index (Phi) is 7.75. The van der Waals surface area contributed by atoms with Crippen molar-refractivity contribution in [2.45, 2.75) is 30.8 Å². The number of ether oxygens (including phenoxy) is 2. The van der Waals surface area contributed by atoms with Gasteiger partial charge in [-0.3, -0.25) is 9.69 Å². The van der Waals surface area contributed by atoms with Crippen LogP contribution in [0.15, 0.2) is 48.5 Å². The monoisotopic (exact) mass is 513 g/mol. The van der Waals surface area contributed by atoms with Crippen LogP contribution < -0.4 is 15.0 Å². The number of nitrogens with one attached hydrogen (secondary N) is 1. The maximum atomic E-state index is 12.6. The standard InChI is InChI=1S/C24H27ClF3N3O4/c25-17-2-1-3-18(12-17)29-22(33)13-20(14-32)31-10-11-34-23(16-31)8-9-30(15-23)19-4-6-21(7-5-19)35-24(26,27)28/h1-7,12,20,32H,8-11,13-16H2,(H,29,33). The van der Waals surface area contributed by atoms with Crippen LogP contribution in [-0.2, 0) is 9.53 Å². The minimum absolute atomic E-state index is 0.115. The minimum Gasteiger partial charge on any atom is -0.406 e. The number of carbonyl (C=O) groups is 1. The number of amides is 1. The third-order valence-corrected chi connectivity index (χ3v) is 6.52. The fourth-order valence-electron chi connectivity index (χ4n) is 4.66. The molecule has 190 valence electrons. The van der Waals surface area contributed by atoms with E-state index in [2.05, 4.69) is 19.9 Å². The first-order valence-corrected chi connectivity index (χ1v) is 11.7. The van der Waals surface area contributed by atoms with Crippen molar-refractivity contribution in [3.63, 3.8) is 0 Å². The van der Waals surface area contributed by atoms with Crippen LogP contribution in [0.4, 0.5) is 24.5 Å². The molecule has 0 bridgehead atoms. The fourth-order valence-corrected chi connectivity index (χ4v) is 4.85. The Labute approximate surface area is 206 Å². The van der Waals surface area contributed by atoms with E-state index in [0.29, 0.717) is 43.5 Å². The van der Waals surface area contributed by atoms with Gasteiger partial charge in [0.25, 0.3) is 0 Å². The molecule has 2 fully saturated rings. The Hall–Kier alpha value is -2.53. The molecule has 2 unspecified atom stereocenters. The van der Waals surface area contributed by atoms with E-state index < -0.39 is 12.0 Å². The van der Waals surface area contributed by atoms with Crippen molar-refractivity contribution in [1.29, 1.82) is 0 Å². The van der Waals surface area contributed by atoms with E-state index in [1.54, 1.807) is 36.4 Å². The summed E-state index contributed by atoms with van der Waals surface area (Å²) < 4.78 is 47.3. The molecular weight excluding hydrogens is 487 g/mol. The lowest BCUT2D eigenvalue weighted by molar-refractivity contribution is -0.274. The topological polar surface area (TPSA) is 74.3 Å².